The van der Waals surface area contributed by atoms with E-state index in [2.05, 4.69) is 5.10 Å². The summed E-state index contributed by atoms with van der Waals surface area (Å²) in [6.45, 7) is 0.506. The molecule has 0 bridgehead atoms. The van der Waals surface area contributed by atoms with Gasteiger partial charge in [-0.1, -0.05) is 12.8 Å². The summed E-state index contributed by atoms with van der Waals surface area (Å²) in [6, 6.07) is 1.40. The van der Waals surface area contributed by atoms with Crippen molar-refractivity contribution in [3.63, 3.8) is 0 Å². The normalized spacial score (nSPS) is 23.4. The number of hydrogen-bond acceptors (Lipinski definition) is 3. The lowest BCUT2D eigenvalue weighted by Gasteiger charge is -2.32. The first-order valence-corrected chi connectivity index (χ1v) is 7.76. The second-order valence-corrected chi connectivity index (χ2v) is 5.97. The van der Waals surface area contributed by atoms with Crippen molar-refractivity contribution in [1.82, 2.24) is 14.7 Å². The molecule has 1 aromatic heterocycles. The predicted octanol–water partition coefficient (Wildman–Crippen LogP) is 2.08. The van der Waals surface area contributed by atoms with Gasteiger partial charge in [0, 0.05) is 12.7 Å². The lowest BCUT2D eigenvalue weighted by Crippen LogP contribution is -2.48. The molecule has 0 aromatic carbocycles. The zero-order valence-electron chi connectivity index (χ0n) is 12.1. The standard InChI is InChI=1S/C15H21N3O3/c19-14(17-9-4-3-7-13(17)15(20)21)12-8-10-18(16-12)11-5-1-2-6-11/h8,10-11,13H,1-7,9H2,(H,20,21)/t13-/m0/s1. The van der Waals surface area contributed by atoms with Gasteiger partial charge in [-0.15, -0.1) is 0 Å². The first-order valence-electron chi connectivity index (χ1n) is 7.76. The van der Waals surface area contributed by atoms with E-state index in [1.165, 1.54) is 17.7 Å². The van der Waals surface area contributed by atoms with Crippen LogP contribution in [-0.4, -0.2) is 44.3 Å². The maximum absolute atomic E-state index is 12.5. The number of carbonyl (C=O) groups is 2. The maximum Gasteiger partial charge on any atom is 0.326 e. The van der Waals surface area contributed by atoms with Crippen molar-refractivity contribution >= 4 is 11.9 Å². The highest BCUT2D eigenvalue weighted by molar-refractivity contribution is 5.95. The van der Waals surface area contributed by atoms with Crippen molar-refractivity contribution < 1.29 is 14.7 Å². The Bertz CT molecular complexity index is 534. The number of carboxylic acids is 1. The van der Waals surface area contributed by atoms with Crippen LogP contribution < -0.4 is 0 Å². The number of carboxylic acid groups (broad SMARTS) is 1. The van der Waals surface area contributed by atoms with E-state index in [-0.39, 0.29) is 5.91 Å². The highest BCUT2D eigenvalue weighted by atomic mass is 16.4. The Morgan fingerprint density at radius 1 is 1.14 bits per heavy atom. The zero-order valence-corrected chi connectivity index (χ0v) is 12.1. The Balaban J connectivity index is 1.76. The van der Waals surface area contributed by atoms with Crippen LogP contribution in [-0.2, 0) is 4.79 Å². The first kappa shape index (κ1) is 14.1. The van der Waals surface area contributed by atoms with Gasteiger partial charge >= 0.3 is 5.97 Å². The van der Waals surface area contributed by atoms with Gasteiger partial charge in [0.2, 0.25) is 0 Å². The van der Waals surface area contributed by atoms with Crippen LogP contribution in [0.15, 0.2) is 12.3 Å². The summed E-state index contributed by atoms with van der Waals surface area (Å²) in [5, 5.41) is 13.7. The number of aliphatic carboxylic acids is 1. The number of nitrogens with zero attached hydrogens (tertiary/aromatic N) is 3. The minimum absolute atomic E-state index is 0.251. The minimum Gasteiger partial charge on any atom is -0.480 e. The van der Waals surface area contributed by atoms with Gasteiger partial charge in [0.25, 0.3) is 5.91 Å². The number of rotatable bonds is 3. The number of aromatic nitrogens is 2. The van der Waals surface area contributed by atoms with Gasteiger partial charge in [-0.05, 0) is 38.2 Å². The van der Waals surface area contributed by atoms with E-state index < -0.39 is 12.0 Å². The van der Waals surface area contributed by atoms with E-state index in [1.807, 2.05) is 10.9 Å². The maximum atomic E-state index is 12.5. The van der Waals surface area contributed by atoms with Gasteiger partial charge in [-0.2, -0.15) is 5.10 Å². The monoisotopic (exact) mass is 291 g/mol. The summed E-state index contributed by atoms with van der Waals surface area (Å²) < 4.78 is 1.87. The molecule has 1 amide bonds. The van der Waals surface area contributed by atoms with E-state index >= 15 is 0 Å². The molecule has 3 rings (SSSR count). The average molecular weight is 291 g/mol. The molecule has 1 N–H and O–H groups in total. The second kappa shape index (κ2) is 5.87. The van der Waals surface area contributed by atoms with Gasteiger partial charge in [-0.3, -0.25) is 9.48 Å². The Kier molecular flexibility index (Phi) is 3.94. The third kappa shape index (κ3) is 2.80. The highest BCUT2D eigenvalue weighted by Gasteiger charge is 2.33. The molecule has 1 aromatic rings. The van der Waals surface area contributed by atoms with E-state index in [9.17, 15) is 14.7 Å². The number of hydrogen-bond donors (Lipinski definition) is 1. The molecular formula is C15H21N3O3. The fraction of sp³-hybridized carbons (Fsp3) is 0.667. The summed E-state index contributed by atoms with van der Waals surface area (Å²) in [5.74, 6) is -1.17. The topological polar surface area (TPSA) is 75.4 Å². The molecular weight excluding hydrogens is 270 g/mol. The summed E-state index contributed by atoms with van der Waals surface area (Å²) >= 11 is 0. The Labute approximate surface area is 123 Å². The fourth-order valence-electron chi connectivity index (χ4n) is 3.40. The van der Waals surface area contributed by atoms with Crippen LogP contribution in [0.3, 0.4) is 0 Å². The summed E-state index contributed by atoms with van der Waals surface area (Å²) in [4.78, 5) is 25.3. The van der Waals surface area contributed by atoms with Crippen LogP contribution in [0.1, 0.15) is 61.5 Å². The minimum atomic E-state index is -0.918. The molecule has 0 radical (unpaired) electrons. The van der Waals surface area contributed by atoms with E-state index in [1.54, 1.807) is 6.07 Å². The van der Waals surface area contributed by atoms with Gasteiger partial charge in [-0.25, -0.2) is 4.79 Å². The number of amides is 1. The van der Waals surface area contributed by atoms with Crippen LogP contribution in [0.5, 0.6) is 0 Å². The molecule has 21 heavy (non-hydrogen) atoms. The molecule has 1 aliphatic heterocycles. The van der Waals surface area contributed by atoms with E-state index in [0.29, 0.717) is 24.7 Å². The Hall–Kier alpha value is -1.85. The van der Waals surface area contributed by atoms with Crippen molar-refractivity contribution in [2.45, 2.75) is 57.0 Å². The number of piperidine rings is 1. The molecule has 2 aliphatic rings. The van der Waals surface area contributed by atoms with Crippen molar-refractivity contribution in [2.75, 3.05) is 6.54 Å². The van der Waals surface area contributed by atoms with Crippen LogP contribution in [0.2, 0.25) is 0 Å². The Morgan fingerprint density at radius 3 is 2.57 bits per heavy atom. The first-order chi connectivity index (χ1) is 10.2. The molecule has 2 heterocycles. The summed E-state index contributed by atoms with van der Waals surface area (Å²) in [5.41, 5.74) is 0.370. The molecule has 1 aliphatic carbocycles. The van der Waals surface area contributed by atoms with E-state index in [4.69, 9.17) is 0 Å². The summed E-state index contributed by atoms with van der Waals surface area (Å²) in [6.07, 6.45) is 8.74. The van der Waals surface area contributed by atoms with Gasteiger partial charge in [0.05, 0.1) is 6.04 Å². The van der Waals surface area contributed by atoms with Crippen molar-refractivity contribution in [1.29, 1.82) is 0 Å². The van der Waals surface area contributed by atoms with Crippen LogP contribution >= 0.6 is 0 Å². The van der Waals surface area contributed by atoms with Crippen molar-refractivity contribution in [2.24, 2.45) is 0 Å². The number of carbonyl (C=O) groups excluding carboxylic acids is 1. The van der Waals surface area contributed by atoms with Crippen molar-refractivity contribution in [3.8, 4) is 0 Å². The largest absolute Gasteiger partial charge is 0.480 e. The third-order valence-electron chi connectivity index (χ3n) is 4.57. The van der Waals surface area contributed by atoms with E-state index in [0.717, 1.165) is 25.7 Å². The predicted molar refractivity (Wildman–Crippen MR) is 76.0 cm³/mol. The number of likely N-dealkylation sites (tertiary alicyclic amines) is 1. The Morgan fingerprint density at radius 2 is 1.86 bits per heavy atom. The molecule has 2 fully saturated rings. The zero-order chi connectivity index (χ0) is 14.8. The molecule has 0 unspecified atom stereocenters. The van der Waals surface area contributed by atoms with Gasteiger partial charge < -0.3 is 10.0 Å². The molecule has 1 saturated carbocycles. The summed E-state index contributed by atoms with van der Waals surface area (Å²) in [7, 11) is 0. The lowest BCUT2D eigenvalue weighted by molar-refractivity contribution is -0.143. The lowest BCUT2D eigenvalue weighted by atomic mass is 10.0. The SMILES string of the molecule is O=C(O)[C@@H]1CCCCN1C(=O)c1ccn(C2CCCC2)n1. The average Bonchev–Trinajstić information content (AvgIpc) is 3.17. The van der Waals surface area contributed by atoms with Crippen LogP contribution in [0.25, 0.3) is 0 Å². The quantitative estimate of drug-likeness (QED) is 0.925. The fourth-order valence-corrected chi connectivity index (χ4v) is 3.40. The molecule has 6 nitrogen and oxygen atoms in total. The second-order valence-electron chi connectivity index (χ2n) is 5.97. The highest BCUT2D eigenvalue weighted by Crippen LogP contribution is 2.29. The molecule has 114 valence electrons. The van der Waals surface area contributed by atoms with Gasteiger partial charge in [0.1, 0.15) is 11.7 Å². The third-order valence-corrected chi connectivity index (χ3v) is 4.57. The van der Waals surface area contributed by atoms with Gasteiger partial charge in [0.15, 0.2) is 0 Å². The molecule has 0 spiro atoms. The smallest absolute Gasteiger partial charge is 0.326 e. The molecule has 6 heteroatoms. The van der Waals surface area contributed by atoms with Crippen LogP contribution in [0, 0.1) is 0 Å². The van der Waals surface area contributed by atoms with Crippen LogP contribution in [0.4, 0.5) is 0 Å². The molecule has 1 atom stereocenters. The van der Waals surface area contributed by atoms with Crippen molar-refractivity contribution in [3.05, 3.63) is 18.0 Å². The molecule has 1 saturated heterocycles.